The molecule has 0 aliphatic carbocycles. The number of pyridine rings is 1. The van der Waals surface area contributed by atoms with Crippen LogP contribution in [0.15, 0.2) is 65.8 Å². The van der Waals surface area contributed by atoms with Crippen molar-refractivity contribution in [3.05, 3.63) is 82.8 Å². The van der Waals surface area contributed by atoms with E-state index in [9.17, 15) is 17.6 Å². The van der Waals surface area contributed by atoms with E-state index >= 15 is 0 Å². The fourth-order valence-electron chi connectivity index (χ4n) is 2.74. The SMILES string of the molecule is Fc1ccc(C=NNc2nc(-c3ccccc3)nc3nc(C(F)(F)F)ccc23)c(Cl)c1. The largest absolute Gasteiger partial charge is 0.433 e. The van der Waals surface area contributed by atoms with E-state index in [0.717, 1.165) is 12.1 Å². The average molecular weight is 446 g/mol. The van der Waals surface area contributed by atoms with E-state index in [0.29, 0.717) is 11.1 Å². The van der Waals surface area contributed by atoms with Crippen LogP contribution >= 0.6 is 11.6 Å². The fourth-order valence-corrected chi connectivity index (χ4v) is 2.95. The smallest absolute Gasteiger partial charge is 0.261 e. The van der Waals surface area contributed by atoms with Gasteiger partial charge < -0.3 is 0 Å². The first-order chi connectivity index (χ1) is 14.8. The number of hydrogen-bond acceptors (Lipinski definition) is 5. The van der Waals surface area contributed by atoms with E-state index in [2.05, 4.69) is 25.5 Å². The molecule has 0 fully saturated rings. The van der Waals surface area contributed by atoms with Gasteiger partial charge >= 0.3 is 6.18 Å². The first-order valence-electron chi connectivity index (χ1n) is 8.87. The van der Waals surface area contributed by atoms with Crippen molar-refractivity contribution in [2.45, 2.75) is 6.18 Å². The molecule has 156 valence electrons. The third-order valence-corrected chi connectivity index (χ3v) is 4.55. The second-order valence-electron chi connectivity index (χ2n) is 6.36. The lowest BCUT2D eigenvalue weighted by Gasteiger charge is -2.10. The number of nitrogens with zero attached hydrogens (tertiary/aromatic N) is 4. The molecule has 4 rings (SSSR count). The van der Waals surface area contributed by atoms with Crippen molar-refractivity contribution in [3.63, 3.8) is 0 Å². The molecule has 10 heteroatoms. The number of nitrogens with one attached hydrogen (secondary N) is 1. The minimum Gasteiger partial charge on any atom is -0.261 e. The lowest BCUT2D eigenvalue weighted by Crippen LogP contribution is -2.09. The molecule has 0 saturated heterocycles. The van der Waals surface area contributed by atoms with Gasteiger partial charge in [-0.05, 0) is 30.3 Å². The van der Waals surface area contributed by atoms with Gasteiger partial charge in [0.05, 0.1) is 16.6 Å². The van der Waals surface area contributed by atoms with E-state index in [1.165, 1.54) is 24.4 Å². The Morgan fingerprint density at radius 1 is 0.935 bits per heavy atom. The molecule has 2 aromatic heterocycles. The Hall–Kier alpha value is -3.59. The average Bonchev–Trinajstić information content (AvgIpc) is 2.74. The molecule has 5 nitrogen and oxygen atoms in total. The number of aromatic nitrogens is 3. The van der Waals surface area contributed by atoms with Crippen molar-refractivity contribution in [2.75, 3.05) is 5.43 Å². The third-order valence-electron chi connectivity index (χ3n) is 4.22. The van der Waals surface area contributed by atoms with Gasteiger partial charge in [0, 0.05) is 11.1 Å². The molecular formula is C21H12ClF4N5. The molecule has 0 amide bonds. The van der Waals surface area contributed by atoms with Crippen molar-refractivity contribution in [2.24, 2.45) is 5.10 Å². The Morgan fingerprint density at radius 2 is 1.71 bits per heavy atom. The van der Waals surface area contributed by atoms with Gasteiger partial charge in [0.1, 0.15) is 11.5 Å². The highest BCUT2D eigenvalue weighted by Gasteiger charge is 2.33. The number of hydrazone groups is 1. The first-order valence-corrected chi connectivity index (χ1v) is 9.24. The molecule has 0 radical (unpaired) electrons. The standard InChI is InChI=1S/C21H12ClF4N5/c22-16-10-14(23)7-6-13(16)11-27-31-20-15-8-9-17(21(24,25)26)28-19(15)29-18(30-20)12-4-2-1-3-5-12/h1-11H,(H,28,29,30,31). The van der Waals surface area contributed by atoms with Crippen LogP contribution in [0.25, 0.3) is 22.4 Å². The Morgan fingerprint density at radius 3 is 2.42 bits per heavy atom. The van der Waals surface area contributed by atoms with Gasteiger partial charge in [0.2, 0.25) is 0 Å². The van der Waals surface area contributed by atoms with Crippen LogP contribution in [0.2, 0.25) is 5.02 Å². The van der Waals surface area contributed by atoms with Gasteiger partial charge in [-0.1, -0.05) is 41.9 Å². The van der Waals surface area contributed by atoms with Gasteiger partial charge in [0.25, 0.3) is 0 Å². The van der Waals surface area contributed by atoms with Crippen LogP contribution in [0, 0.1) is 5.82 Å². The van der Waals surface area contributed by atoms with Gasteiger partial charge in [-0.2, -0.15) is 18.3 Å². The predicted molar refractivity (Wildman–Crippen MR) is 110 cm³/mol. The maximum atomic E-state index is 13.2. The first kappa shape index (κ1) is 20.7. The summed E-state index contributed by atoms with van der Waals surface area (Å²) in [5.74, 6) is -0.159. The maximum Gasteiger partial charge on any atom is 0.433 e. The number of rotatable bonds is 4. The highest BCUT2D eigenvalue weighted by Crippen LogP contribution is 2.31. The number of benzene rings is 2. The number of fused-ring (bicyclic) bond motifs is 1. The zero-order valence-corrected chi connectivity index (χ0v) is 16.3. The Balaban J connectivity index is 1.77. The molecule has 0 bridgehead atoms. The molecule has 31 heavy (non-hydrogen) atoms. The summed E-state index contributed by atoms with van der Waals surface area (Å²) in [7, 11) is 0. The normalized spacial score (nSPS) is 11.9. The summed E-state index contributed by atoms with van der Waals surface area (Å²) in [6.07, 6.45) is -3.27. The van der Waals surface area contributed by atoms with E-state index in [-0.39, 0.29) is 27.7 Å². The van der Waals surface area contributed by atoms with Crippen LogP contribution < -0.4 is 5.43 Å². The van der Waals surface area contributed by atoms with Crippen LogP contribution in [-0.4, -0.2) is 21.2 Å². The lowest BCUT2D eigenvalue weighted by atomic mass is 10.2. The van der Waals surface area contributed by atoms with Gasteiger partial charge in [-0.15, -0.1) is 0 Å². The molecule has 0 spiro atoms. The summed E-state index contributed by atoms with van der Waals surface area (Å²) >= 11 is 5.97. The fraction of sp³-hybridized carbons (Fsp3) is 0.0476. The highest BCUT2D eigenvalue weighted by atomic mass is 35.5. The van der Waals surface area contributed by atoms with E-state index in [1.54, 1.807) is 30.3 Å². The topological polar surface area (TPSA) is 63.1 Å². The van der Waals surface area contributed by atoms with Crippen LogP contribution in [0.5, 0.6) is 0 Å². The highest BCUT2D eigenvalue weighted by molar-refractivity contribution is 6.33. The molecule has 0 saturated carbocycles. The zero-order chi connectivity index (χ0) is 22.0. The second-order valence-corrected chi connectivity index (χ2v) is 6.77. The molecule has 4 aromatic rings. The second kappa shape index (κ2) is 8.27. The van der Waals surface area contributed by atoms with Crippen LogP contribution in [0.3, 0.4) is 0 Å². The van der Waals surface area contributed by atoms with E-state index in [4.69, 9.17) is 11.6 Å². The van der Waals surface area contributed by atoms with Crippen LogP contribution in [0.1, 0.15) is 11.3 Å². The number of alkyl halides is 3. The molecule has 0 aliphatic rings. The van der Waals surface area contributed by atoms with Crippen molar-refractivity contribution in [1.82, 2.24) is 15.0 Å². The molecule has 0 aliphatic heterocycles. The zero-order valence-electron chi connectivity index (χ0n) is 15.5. The van der Waals surface area contributed by atoms with Gasteiger partial charge in [-0.25, -0.2) is 19.3 Å². The lowest BCUT2D eigenvalue weighted by molar-refractivity contribution is -0.141. The molecular weight excluding hydrogens is 434 g/mol. The van der Waals surface area contributed by atoms with Crippen LogP contribution in [-0.2, 0) is 6.18 Å². The summed E-state index contributed by atoms with van der Waals surface area (Å²) < 4.78 is 52.5. The minimum atomic E-state index is -4.61. The van der Waals surface area contributed by atoms with E-state index in [1.807, 2.05) is 0 Å². The Kier molecular flexibility index (Phi) is 5.51. The summed E-state index contributed by atoms with van der Waals surface area (Å²) in [5, 5.41) is 4.43. The number of hydrogen-bond donors (Lipinski definition) is 1. The minimum absolute atomic E-state index is 0.138. The summed E-state index contributed by atoms with van der Waals surface area (Å²) in [6.45, 7) is 0. The van der Waals surface area contributed by atoms with Crippen molar-refractivity contribution >= 4 is 34.7 Å². The molecule has 2 aromatic carbocycles. The van der Waals surface area contributed by atoms with Gasteiger partial charge in [0.15, 0.2) is 17.3 Å². The van der Waals surface area contributed by atoms with Gasteiger partial charge in [-0.3, -0.25) is 5.43 Å². The monoisotopic (exact) mass is 445 g/mol. The predicted octanol–water partition coefficient (Wildman–Crippen LogP) is 5.95. The van der Waals surface area contributed by atoms with Crippen molar-refractivity contribution in [1.29, 1.82) is 0 Å². The van der Waals surface area contributed by atoms with Crippen molar-refractivity contribution < 1.29 is 17.6 Å². The molecule has 0 unspecified atom stereocenters. The van der Waals surface area contributed by atoms with Crippen LogP contribution in [0.4, 0.5) is 23.4 Å². The Labute approximate surface area is 178 Å². The molecule has 2 heterocycles. The summed E-state index contributed by atoms with van der Waals surface area (Å²) in [4.78, 5) is 12.2. The summed E-state index contributed by atoms with van der Waals surface area (Å²) in [5.41, 5.74) is 2.52. The van der Waals surface area contributed by atoms with E-state index < -0.39 is 17.7 Å². The third kappa shape index (κ3) is 4.61. The number of halogens is 5. The quantitative estimate of drug-likeness (QED) is 0.239. The molecule has 0 atom stereocenters. The van der Waals surface area contributed by atoms with Crippen molar-refractivity contribution in [3.8, 4) is 11.4 Å². The molecule has 1 N–H and O–H groups in total. The maximum absolute atomic E-state index is 13.2. The Bertz CT molecular complexity index is 1280. The number of anilines is 1. The summed E-state index contributed by atoms with van der Waals surface area (Å²) in [6, 6.07) is 14.6.